The zero-order valence-electron chi connectivity index (χ0n) is 11.0. The fourth-order valence-electron chi connectivity index (χ4n) is 2.19. The van der Waals surface area contributed by atoms with Crippen molar-refractivity contribution in [1.29, 1.82) is 5.26 Å². The number of hydrogen-bond acceptors (Lipinski definition) is 3. The lowest BCUT2D eigenvalue weighted by Crippen LogP contribution is -2.44. The number of carbonyl (C=O) groups is 1. The summed E-state index contributed by atoms with van der Waals surface area (Å²) < 4.78 is 0.165. The van der Waals surface area contributed by atoms with E-state index in [9.17, 15) is 10.1 Å². The van der Waals surface area contributed by atoms with Crippen LogP contribution in [0.1, 0.15) is 46.5 Å². The summed E-state index contributed by atoms with van der Waals surface area (Å²) in [4.78, 5) is 12.1. The summed E-state index contributed by atoms with van der Waals surface area (Å²) in [5, 5.41) is 12.2. The van der Waals surface area contributed by atoms with Crippen molar-refractivity contribution in [2.24, 2.45) is 5.41 Å². The van der Waals surface area contributed by atoms with Gasteiger partial charge < -0.3 is 5.32 Å². The van der Waals surface area contributed by atoms with E-state index < -0.39 is 5.41 Å². The molecule has 0 aromatic carbocycles. The fourth-order valence-corrected chi connectivity index (χ4v) is 3.44. The smallest absolute Gasteiger partial charge is 0.240 e. The number of hydrogen-bond donors (Lipinski definition) is 1. The van der Waals surface area contributed by atoms with Crippen LogP contribution in [0.4, 0.5) is 0 Å². The van der Waals surface area contributed by atoms with Crippen molar-refractivity contribution in [2.75, 3.05) is 12.3 Å². The maximum absolute atomic E-state index is 12.1. The molecular weight excluding hydrogens is 232 g/mol. The molecule has 17 heavy (non-hydrogen) atoms. The minimum Gasteiger partial charge on any atom is -0.353 e. The maximum Gasteiger partial charge on any atom is 0.240 e. The molecule has 1 aliphatic heterocycles. The van der Waals surface area contributed by atoms with Crippen molar-refractivity contribution in [3.8, 4) is 6.07 Å². The first-order valence-electron chi connectivity index (χ1n) is 6.35. The van der Waals surface area contributed by atoms with Crippen LogP contribution in [0.3, 0.4) is 0 Å². The van der Waals surface area contributed by atoms with Gasteiger partial charge in [0.25, 0.3) is 0 Å². The molecule has 0 radical (unpaired) electrons. The molecule has 0 bridgehead atoms. The molecule has 1 aliphatic rings. The van der Waals surface area contributed by atoms with E-state index >= 15 is 0 Å². The van der Waals surface area contributed by atoms with Crippen molar-refractivity contribution in [3.05, 3.63) is 0 Å². The summed E-state index contributed by atoms with van der Waals surface area (Å²) in [5.74, 6) is 1.08. The lowest BCUT2D eigenvalue weighted by Gasteiger charge is -2.27. The summed E-state index contributed by atoms with van der Waals surface area (Å²) >= 11 is 1.92. The zero-order chi connectivity index (χ0) is 12.9. The Balaban J connectivity index is 2.57. The van der Waals surface area contributed by atoms with Crippen molar-refractivity contribution < 1.29 is 4.79 Å². The molecule has 0 aromatic rings. The van der Waals surface area contributed by atoms with Crippen molar-refractivity contribution >= 4 is 17.7 Å². The molecule has 1 rings (SSSR count). The number of amides is 1. The quantitative estimate of drug-likeness (QED) is 0.820. The zero-order valence-corrected chi connectivity index (χ0v) is 11.8. The average molecular weight is 254 g/mol. The number of carbonyl (C=O) groups excluding carboxylic acids is 1. The van der Waals surface area contributed by atoms with Gasteiger partial charge in [0, 0.05) is 11.3 Å². The van der Waals surface area contributed by atoms with Crippen LogP contribution in [0.5, 0.6) is 0 Å². The third-order valence-corrected chi connectivity index (χ3v) is 5.32. The summed E-state index contributed by atoms with van der Waals surface area (Å²) in [6.07, 6.45) is 3.53. The highest BCUT2D eigenvalue weighted by Gasteiger charge is 2.37. The normalized spacial score (nSPS) is 24.4. The Kier molecular flexibility index (Phi) is 4.88. The van der Waals surface area contributed by atoms with E-state index in [2.05, 4.69) is 18.3 Å². The van der Waals surface area contributed by atoms with Crippen LogP contribution < -0.4 is 5.32 Å². The molecule has 1 amide bonds. The molecule has 1 heterocycles. The molecule has 1 N–H and O–H groups in total. The van der Waals surface area contributed by atoms with Gasteiger partial charge in [-0.1, -0.05) is 13.8 Å². The predicted molar refractivity (Wildman–Crippen MR) is 71.7 cm³/mol. The first-order chi connectivity index (χ1) is 8.02. The lowest BCUT2D eigenvalue weighted by molar-refractivity contribution is -0.128. The third kappa shape index (κ3) is 3.16. The number of rotatable bonds is 5. The molecule has 1 unspecified atom stereocenters. The average Bonchev–Trinajstić information content (AvgIpc) is 2.77. The van der Waals surface area contributed by atoms with Crippen LogP contribution in [0.2, 0.25) is 0 Å². The van der Waals surface area contributed by atoms with Gasteiger partial charge in [0.1, 0.15) is 5.41 Å². The molecule has 96 valence electrons. The molecule has 0 saturated carbocycles. The Labute approximate surface area is 108 Å². The van der Waals surface area contributed by atoms with Crippen molar-refractivity contribution in [1.82, 2.24) is 5.32 Å². The van der Waals surface area contributed by atoms with Gasteiger partial charge in [0.2, 0.25) is 5.91 Å². The van der Waals surface area contributed by atoms with Crippen LogP contribution in [0.15, 0.2) is 0 Å². The van der Waals surface area contributed by atoms with E-state index in [0.29, 0.717) is 19.4 Å². The molecule has 1 atom stereocenters. The van der Waals surface area contributed by atoms with Crippen molar-refractivity contribution in [2.45, 2.75) is 51.2 Å². The molecule has 1 fully saturated rings. The molecule has 3 nitrogen and oxygen atoms in total. The van der Waals surface area contributed by atoms with Gasteiger partial charge in [-0.3, -0.25) is 4.79 Å². The number of thioether (sulfide) groups is 1. The van der Waals surface area contributed by atoms with Crippen LogP contribution in [-0.2, 0) is 4.79 Å². The van der Waals surface area contributed by atoms with Gasteiger partial charge in [0.15, 0.2) is 0 Å². The SMILES string of the molecule is CCC(C#N)(CC)C(=O)NCC1(C)CCCS1. The van der Waals surface area contributed by atoms with Crippen LogP contribution >= 0.6 is 11.8 Å². The highest BCUT2D eigenvalue weighted by Crippen LogP contribution is 2.37. The second-order valence-corrected chi connectivity index (χ2v) is 6.67. The molecule has 1 saturated heterocycles. The Hall–Kier alpha value is -0.690. The van der Waals surface area contributed by atoms with Gasteiger partial charge >= 0.3 is 0 Å². The minimum absolute atomic E-state index is 0.0984. The first kappa shape index (κ1) is 14.4. The van der Waals surface area contributed by atoms with E-state index in [0.717, 1.165) is 6.42 Å². The Morgan fingerprint density at radius 1 is 1.53 bits per heavy atom. The maximum atomic E-state index is 12.1. The lowest BCUT2D eigenvalue weighted by atomic mass is 9.83. The fraction of sp³-hybridized carbons (Fsp3) is 0.846. The summed E-state index contributed by atoms with van der Waals surface area (Å²) in [6.45, 7) is 6.67. The van der Waals surface area contributed by atoms with E-state index in [1.807, 2.05) is 25.6 Å². The van der Waals surface area contributed by atoms with E-state index in [1.165, 1.54) is 12.2 Å². The van der Waals surface area contributed by atoms with E-state index in [1.54, 1.807) is 0 Å². The van der Waals surface area contributed by atoms with Gasteiger partial charge in [-0.2, -0.15) is 17.0 Å². The Morgan fingerprint density at radius 3 is 2.59 bits per heavy atom. The second kappa shape index (κ2) is 5.77. The highest BCUT2D eigenvalue weighted by molar-refractivity contribution is 8.00. The predicted octanol–water partition coefficient (Wildman–Crippen LogP) is 2.72. The van der Waals surface area contributed by atoms with Gasteiger partial charge in [-0.05, 0) is 38.4 Å². The highest BCUT2D eigenvalue weighted by atomic mass is 32.2. The number of nitrogens with zero attached hydrogens (tertiary/aromatic N) is 1. The van der Waals surface area contributed by atoms with Crippen LogP contribution in [0, 0.1) is 16.7 Å². The largest absolute Gasteiger partial charge is 0.353 e. The summed E-state index contributed by atoms with van der Waals surface area (Å²) in [5.41, 5.74) is -0.834. The number of nitriles is 1. The molecule has 0 spiro atoms. The second-order valence-electron chi connectivity index (χ2n) is 4.99. The molecule has 0 aliphatic carbocycles. The minimum atomic E-state index is -0.834. The topological polar surface area (TPSA) is 52.9 Å². The summed E-state index contributed by atoms with van der Waals surface area (Å²) in [7, 11) is 0. The van der Waals surface area contributed by atoms with E-state index in [4.69, 9.17) is 0 Å². The third-order valence-electron chi connectivity index (χ3n) is 3.78. The number of nitrogens with one attached hydrogen (secondary N) is 1. The monoisotopic (exact) mass is 254 g/mol. The van der Waals surface area contributed by atoms with Crippen molar-refractivity contribution in [3.63, 3.8) is 0 Å². The van der Waals surface area contributed by atoms with Crippen LogP contribution in [-0.4, -0.2) is 23.0 Å². The Bertz CT molecular complexity index is 312. The Morgan fingerprint density at radius 2 is 2.18 bits per heavy atom. The molecular formula is C13H22N2OS. The standard InChI is InChI=1S/C13H22N2OS/c1-4-13(5-2,9-14)11(16)15-10-12(3)7-6-8-17-12/h4-8,10H2,1-3H3,(H,15,16). The molecule has 4 heteroatoms. The molecule has 0 aromatic heterocycles. The van der Waals surface area contributed by atoms with Gasteiger partial charge in [-0.15, -0.1) is 0 Å². The first-order valence-corrected chi connectivity index (χ1v) is 7.34. The van der Waals surface area contributed by atoms with Gasteiger partial charge in [0.05, 0.1) is 6.07 Å². The summed E-state index contributed by atoms with van der Waals surface area (Å²) in [6, 6.07) is 2.18. The van der Waals surface area contributed by atoms with Crippen LogP contribution in [0.25, 0.3) is 0 Å². The van der Waals surface area contributed by atoms with E-state index in [-0.39, 0.29) is 10.7 Å². The van der Waals surface area contributed by atoms with Gasteiger partial charge in [-0.25, -0.2) is 0 Å².